The van der Waals surface area contributed by atoms with Crippen molar-refractivity contribution in [2.24, 2.45) is 5.41 Å². The van der Waals surface area contributed by atoms with Crippen LogP contribution in [-0.2, 0) is 11.3 Å². The van der Waals surface area contributed by atoms with E-state index in [0.717, 1.165) is 51.2 Å². The summed E-state index contributed by atoms with van der Waals surface area (Å²) in [6.45, 7) is 8.17. The fourth-order valence-corrected chi connectivity index (χ4v) is 3.95. The van der Waals surface area contributed by atoms with Crippen molar-refractivity contribution in [3.63, 3.8) is 0 Å². The van der Waals surface area contributed by atoms with Gasteiger partial charge in [0.05, 0.1) is 12.5 Å². The lowest BCUT2D eigenvalue weighted by Crippen LogP contribution is -2.47. The quantitative estimate of drug-likeness (QED) is 0.784. The molecule has 23 heavy (non-hydrogen) atoms. The number of amides is 1. The van der Waals surface area contributed by atoms with Gasteiger partial charge in [0.1, 0.15) is 5.75 Å². The van der Waals surface area contributed by atoms with Gasteiger partial charge >= 0.3 is 0 Å². The van der Waals surface area contributed by atoms with Crippen LogP contribution in [0.5, 0.6) is 5.75 Å². The van der Waals surface area contributed by atoms with Crippen molar-refractivity contribution in [2.75, 3.05) is 33.3 Å². The highest BCUT2D eigenvalue weighted by atomic mass is 16.5. The van der Waals surface area contributed by atoms with Gasteiger partial charge in [0, 0.05) is 26.2 Å². The van der Waals surface area contributed by atoms with Gasteiger partial charge in [-0.25, -0.2) is 0 Å². The molecule has 1 atom stereocenters. The normalized spacial score (nSPS) is 25.1. The van der Waals surface area contributed by atoms with E-state index in [9.17, 15) is 4.79 Å². The first-order valence-electron chi connectivity index (χ1n) is 8.42. The lowest BCUT2D eigenvalue weighted by molar-refractivity contribution is -0.138. The van der Waals surface area contributed by atoms with E-state index in [0.29, 0.717) is 12.5 Å². The Kier molecular flexibility index (Phi) is 4.71. The maximum absolute atomic E-state index is 12.8. The third-order valence-electron chi connectivity index (χ3n) is 5.17. The number of benzene rings is 1. The van der Waals surface area contributed by atoms with E-state index in [-0.39, 0.29) is 5.41 Å². The Balaban J connectivity index is 1.66. The third kappa shape index (κ3) is 3.27. The topological polar surface area (TPSA) is 32.8 Å². The van der Waals surface area contributed by atoms with E-state index in [1.165, 1.54) is 5.56 Å². The standard InChI is InChI=1S/C19H26N2O2/c1-3-11-21-13-10-19(18(21)22)9-4-12-20(15-19)14-16-5-7-17(23-2)8-6-16/h3,5-8H,1,4,9-15H2,2H3/t19-/m1/s1. The number of methoxy groups -OCH3 is 1. The van der Waals surface area contributed by atoms with E-state index in [1.54, 1.807) is 7.11 Å². The smallest absolute Gasteiger partial charge is 0.230 e. The average Bonchev–Trinajstić information content (AvgIpc) is 2.86. The van der Waals surface area contributed by atoms with Crippen molar-refractivity contribution in [1.82, 2.24) is 9.80 Å². The van der Waals surface area contributed by atoms with Crippen molar-refractivity contribution in [3.8, 4) is 5.75 Å². The highest BCUT2D eigenvalue weighted by Gasteiger charge is 2.48. The van der Waals surface area contributed by atoms with Crippen molar-refractivity contribution in [1.29, 1.82) is 0 Å². The molecule has 0 N–H and O–H groups in total. The van der Waals surface area contributed by atoms with Crippen molar-refractivity contribution in [2.45, 2.75) is 25.8 Å². The van der Waals surface area contributed by atoms with Gasteiger partial charge in [0.15, 0.2) is 0 Å². The predicted molar refractivity (Wildman–Crippen MR) is 91.3 cm³/mol. The summed E-state index contributed by atoms with van der Waals surface area (Å²) in [7, 11) is 1.68. The van der Waals surface area contributed by atoms with Gasteiger partial charge in [-0.3, -0.25) is 9.69 Å². The van der Waals surface area contributed by atoms with E-state index >= 15 is 0 Å². The zero-order valence-corrected chi connectivity index (χ0v) is 14.0. The van der Waals surface area contributed by atoms with Crippen LogP contribution < -0.4 is 4.74 Å². The molecule has 0 radical (unpaired) electrons. The molecule has 1 aromatic carbocycles. The maximum Gasteiger partial charge on any atom is 0.230 e. The molecule has 2 fully saturated rings. The number of carbonyl (C=O) groups is 1. The van der Waals surface area contributed by atoms with Crippen LogP contribution in [0.2, 0.25) is 0 Å². The van der Waals surface area contributed by atoms with Crippen LogP contribution in [0.4, 0.5) is 0 Å². The number of ether oxygens (including phenoxy) is 1. The molecular formula is C19H26N2O2. The first-order chi connectivity index (χ1) is 11.2. The second-order valence-corrected chi connectivity index (χ2v) is 6.73. The number of nitrogens with zero attached hydrogens (tertiary/aromatic N) is 2. The minimum atomic E-state index is -0.159. The molecule has 1 spiro atoms. The fraction of sp³-hybridized carbons (Fsp3) is 0.526. The summed E-state index contributed by atoms with van der Waals surface area (Å²) in [5, 5.41) is 0. The summed E-state index contributed by atoms with van der Waals surface area (Å²) in [4.78, 5) is 17.2. The number of hydrogen-bond acceptors (Lipinski definition) is 3. The first-order valence-corrected chi connectivity index (χ1v) is 8.42. The van der Waals surface area contributed by atoms with Crippen molar-refractivity contribution < 1.29 is 9.53 Å². The molecule has 2 saturated heterocycles. The Labute approximate surface area is 138 Å². The van der Waals surface area contributed by atoms with E-state index < -0.39 is 0 Å². The third-order valence-corrected chi connectivity index (χ3v) is 5.17. The summed E-state index contributed by atoms with van der Waals surface area (Å²) < 4.78 is 5.21. The molecule has 1 aromatic rings. The number of carbonyl (C=O) groups excluding carboxylic acids is 1. The van der Waals surface area contributed by atoms with Crippen LogP contribution in [0.15, 0.2) is 36.9 Å². The molecule has 0 aliphatic carbocycles. The van der Waals surface area contributed by atoms with Crippen LogP contribution in [0, 0.1) is 5.41 Å². The van der Waals surface area contributed by atoms with Gasteiger partial charge < -0.3 is 9.64 Å². The maximum atomic E-state index is 12.8. The molecule has 0 saturated carbocycles. The van der Waals surface area contributed by atoms with Crippen molar-refractivity contribution >= 4 is 5.91 Å². The molecule has 2 aliphatic rings. The predicted octanol–water partition coefficient (Wildman–Crippen LogP) is 2.70. The minimum absolute atomic E-state index is 0.159. The lowest BCUT2D eigenvalue weighted by atomic mass is 9.78. The highest BCUT2D eigenvalue weighted by molar-refractivity contribution is 5.85. The van der Waals surface area contributed by atoms with Gasteiger partial charge in [-0.05, 0) is 43.5 Å². The zero-order chi connectivity index (χ0) is 16.3. The molecule has 0 aromatic heterocycles. The van der Waals surface area contributed by atoms with Gasteiger partial charge in [-0.2, -0.15) is 0 Å². The Morgan fingerprint density at radius 2 is 2.04 bits per heavy atom. The number of piperidine rings is 1. The number of rotatable bonds is 5. The lowest BCUT2D eigenvalue weighted by Gasteiger charge is -2.39. The summed E-state index contributed by atoms with van der Waals surface area (Å²) in [5.74, 6) is 1.21. The Morgan fingerprint density at radius 1 is 1.26 bits per heavy atom. The Bertz CT molecular complexity index is 569. The summed E-state index contributed by atoms with van der Waals surface area (Å²) >= 11 is 0. The van der Waals surface area contributed by atoms with Crippen molar-refractivity contribution in [3.05, 3.63) is 42.5 Å². The molecule has 1 amide bonds. The summed E-state index contributed by atoms with van der Waals surface area (Å²) in [5.41, 5.74) is 1.12. The van der Waals surface area contributed by atoms with Crippen LogP contribution in [0.1, 0.15) is 24.8 Å². The monoisotopic (exact) mass is 314 g/mol. The van der Waals surface area contributed by atoms with Crippen LogP contribution >= 0.6 is 0 Å². The number of likely N-dealkylation sites (tertiary alicyclic amines) is 2. The van der Waals surface area contributed by atoms with Crippen LogP contribution in [-0.4, -0.2) is 49.0 Å². The Morgan fingerprint density at radius 3 is 2.74 bits per heavy atom. The molecule has 2 aliphatic heterocycles. The van der Waals surface area contributed by atoms with Gasteiger partial charge in [-0.15, -0.1) is 6.58 Å². The fourth-order valence-electron chi connectivity index (χ4n) is 3.95. The minimum Gasteiger partial charge on any atom is -0.497 e. The SMILES string of the molecule is C=CCN1CC[C@@]2(CCCN(Cc3ccc(OC)cc3)C2)C1=O. The van der Waals surface area contributed by atoms with Gasteiger partial charge in [0.25, 0.3) is 0 Å². The number of hydrogen-bond donors (Lipinski definition) is 0. The molecular weight excluding hydrogens is 288 g/mol. The molecule has 4 nitrogen and oxygen atoms in total. The second kappa shape index (κ2) is 6.75. The molecule has 3 rings (SSSR count). The summed E-state index contributed by atoms with van der Waals surface area (Å²) in [6.07, 6.45) is 4.94. The first kappa shape index (κ1) is 16.1. The summed E-state index contributed by atoms with van der Waals surface area (Å²) in [6, 6.07) is 8.23. The molecule has 124 valence electrons. The van der Waals surface area contributed by atoms with E-state index in [1.807, 2.05) is 23.1 Å². The van der Waals surface area contributed by atoms with Gasteiger partial charge in [0.2, 0.25) is 5.91 Å². The molecule has 4 heteroatoms. The zero-order valence-electron chi connectivity index (χ0n) is 14.0. The Hall–Kier alpha value is -1.81. The highest BCUT2D eigenvalue weighted by Crippen LogP contribution is 2.40. The van der Waals surface area contributed by atoms with E-state index in [4.69, 9.17) is 4.74 Å². The molecule has 0 unspecified atom stereocenters. The molecule has 2 heterocycles. The van der Waals surface area contributed by atoms with Crippen LogP contribution in [0.3, 0.4) is 0 Å². The second-order valence-electron chi connectivity index (χ2n) is 6.73. The van der Waals surface area contributed by atoms with Crippen LogP contribution in [0.25, 0.3) is 0 Å². The molecule has 0 bridgehead atoms. The largest absolute Gasteiger partial charge is 0.497 e. The van der Waals surface area contributed by atoms with E-state index in [2.05, 4.69) is 23.6 Å². The van der Waals surface area contributed by atoms with Gasteiger partial charge in [-0.1, -0.05) is 18.2 Å². The average molecular weight is 314 g/mol.